The second-order valence-corrected chi connectivity index (χ2v) is 5.18. The van der Waals surface area contributed by atoms with Crippen molar-refractivity contribution in [2.75, 3.05) is 27.3 Å². The Balaban J connectivity index is 2.24. The molecule has 0 aliphatic carbocycles. The quantitative estimate of drug-likeness (QED) is 0.919. The summed E-state index contributed by atoms with van der Waals surface area (Å²) in [6.45, 7) is 0.627. The van der Waals surface area contributed by atoms with Gasteiger partial charge in [-0.3, -0.25) is 9.59 Å². The lowest BCUT2D eigenvalue weighted by atomic mass is 10.1. The molecule has 0 spiro atoms. The van der Waals surface area contributed by atoms with Crippen LogP contribution in [-0.4, -0.2) is 49.2 Å². The number of amides is 1. The van der Waals surface area contributed by atoms with E-state index in [9.17, 15) is 9.59 Å². The Hall–Kier alpha value is -1.95. The van der Waals surface area contributed by atoms with Crippen molar-refractivity contribution in [3.8, 4) is 11.5 Å². The summed E-state index contributed by atoms with van der Waals surface area (Å²) in [7, 11) is 2.92. The van der Waals surface area contributed by atoms with Gasteiger partial charge in [0.25, 0.3) is 5.91 Å². The Kier molecular flexibility index (Phi) is 4.57. The van der Waals surface area contributed by atoms with Gasteiger partial charge in [-0.25, -0.2) is 0 Å². The third-order valence-electron chi connectivity index (χ3n) is 3.51. The summed E-state index contributed by atoms with van der Waals surface area (Å²) < 4.78 is 10.3. The molecule has 0 radical (unpaired) electrons. The number of rotatable bonds is 4. The number of halogens is 1. The van der Waals surface area contributed by atoms with E-state index in [1.807, 2.05) is 0 Å². The van der Waals surface area contributed by atoms with E-state index in [-0.39, 0.29) is 17.5 Å². The fourth-order valence-corrected chi connectivity index (χ4v) is 2.66. The molecule has 1 unspecified atom stereocenters. The molecule has 114 valence electrons. The van der Waals surface area contributed by atoms with Gasteiger partial charge >= 0.3 is 5.97 Å². The van der Waals surface area contributed by atoms with Crippen molar-refractivity contribution in [2.24, 2.45) is 5.92 Å². The van der Waals surface area contributed by atoms with Gasteiger partial charge in [0.1, 0.15) is 0 Å². The Morgan fingerprint density at radius 2 is 2.05 bits per heavy atom. The zero-order valence-corrected chi connectivity index (χ0v) is 12.5. The Labute approximate surface area is 127 Å². The van der Waals surface area contributed by atoms with Crippen LogP contribution in [-0.2, 0) is 4.79 Å². The molecule has 1 atom stereocenters. The summed E-state index contributed by atoms with van der Waals surface area (Å²) in [5.74, 6) is -0.926. The molecule has 1 N–H and O–H groups in total. The van der Waals surface area contributed by atoms with Crippen molar-refractivity contribution in [3.63, 3.8) is 0 Å². The van der Waals surface area contributed by atoms with Gasteiger partial charge in [-0.15, -0.1) is 0 Å². The number of hydrogen-bond acceptors (Lipinski definition) is 4. The van der Waals surface area contributed by atoms with E-state index in [0.717, 1.165) is 0 Å². The number of likely N-dealkylation sites (tertiary alicyclic amines) is 1. The van der Waals surface area contributed by atoms with Crippen molar-refractivity contribution in [3.05, 3.63) is 22.7 Å². The van der Waals surface area contributed by atoms with E-state index in [1.54, 1.807) is 6.07 Å². The normalized spacial score (nSPS) is 17.7. The van der Waals surface area contributed by atoms with E-state index in [1.165, 1.54) is 25.2 Å². The number of aliphatic carboxylic acids is 1. The third-order valence-corrected chi connectivity index (χ3v) is 3.79. The summed E-state index contributed by atoms with van der Waals surface area (Å²) in [6, 6.07) is 3.04. The molecular weight excluding hydrogens is 298 g/mol. The number of carbonyl (C=O) groups is 2. The van der Waals surface area contributed by atoms with Crippen molar-refractivity contribution in [2.45, 2.75) is 6.42 Å². The maximum Gasteiger partial charge on any atom is 0.308 e. The lowest BCUT2D eigenvalue weighted by Crippen LogP contribution is -2.30. The van der Waals surface area contributed by atoms with E-state index in [2.05, 4.69) is 0 Å². The van der Waals surface area contributed by atoms with Crippen molar-refractivity contribution in [1.82, 2.24) is 4.90 Å². The lowest BCUT2D eigenvalue weighted by Gasteiger charge is -2.17. The van der Waals surface area contributed by atoms with Gasteiger partial charge < -0.3 is 19.5 Å². The smallest absolute Gasteiger partial charge is 0.308 e. The molecule has 1 aliphatic rings. The predicted octanol–water partition coefficient (Wildman–Crippen LogP) is 1.90. The molecule has 1 aromatic carbocycles. The highest BCUT2D eigenvalue weighted by atomic mass is 35.5. The number of carboxylic acids is 1. The molecule has 0 saturated carbocycles. The molecule has 7 heteroatoms. The SMILES string of the molecule is COc1cc(C(=O)N2CCC(C(=O)O)C2)cc(Cl)c1OC. The average molecular weight is 314 g/mol. The second-order valence-electron chi connectivity index (χ2n) is 4.77. The summed E-state index contributed by atoms with van der Waals surface area (Å²) in [4.78, 5) is 24.9. The first kappa shape index (κ1) is 15.4. The Morgan fingerprint density at radius 3 is 2.57 bits per heavy atom. The van der Waals surface area contributed by atoms with Gasteiger partial charge in [0.05, 0.1) is 25.2 Å². The third kappa shape index (κ3) is 3.05. The van der Waals surface area contributed by atoms with Crippen LogP contribution in [0.1, 0.15) is 16.8 Å². The van der Waals surface area contributed by atoms with Gasteiger partial charge in [0.2, 0.25) is 0 Å². The van der Waals surface area contributed by atoms with Crippen LogP contribution in [0, 0.1) is 5.92 Å². The minimum absolute atomic E-state index is 0.208. The van der Waals surface area contributed by atoms with Crippen molar-refractivity contribution in [1.29, 1.82) is 0 Å². The Bertz CT molecular complexity index is 575. The van der Waals surface area contributed by atoms with Crippen LogP contribution in [0.3, 0.4) is 0 Å². The van der Waals surface area contributed by atoms with Crippen LogP contribution in [0.5, 0.6) is 11.5 Å². The highest BCUT2D eigenvalue weighted by Crippen LogP contribution is 2.36. The monoisotopic (exact) mass is 313 g/mol. The fraction of sp³-hybridized carbons (Fsp3) is 0.429. The fourth-order valence-electron chi connectivity index (χ4n) is 2.37. The zero-order valence-electron chi connectivity index (χ0n) is 11.8. The standard InChI is InChI=1S/C14H16ClNO5/c1-20-11-6-9(5-10(15)12(11)21-2)13(17)16-4-3-8(7-16)14(18)19/h5-6,8H,3-4,7H2,1-2H3,(H,18,19). The highest BCUT2D eigenvalue weighted by Gasteiger charge is 2.31. The number of hydrogen-bond donors (Lipinski definition) is 1. The number of nitrogens with zero attached hydrogens (tertiary/aromatic N) is 1. The minimum atomic E-state index is -0.879. The van der Waals surface area contributed by atoms with E-state index in [0.29, 0.717) is 30.0 Å². The van der Waals surface area contributed by atoms with Crippen LogP contribution in [0.2, 0.25) is 5.02 Å². The van der Waals surface area contributed by atoms with E-state index < -0.39 is 11.9 Å². The average Bonchev–Trinajstić information content (AvgIpc) is 2.95. The van der Waals surface area contributed by atoms with Crippen LogP contribution in [0.15, 0.2) is 12.1 Å². The molecule has 1 amide bonds. The summed E-state index contributed by atoms with van der Waals surface area (Å²) >= 11 is 6.07. The van der Waals surface area contributed by atoms with Gasteiger partial charge in [-0.2, -0.15) is 0 Å². The number of carboxylic acid groups (broad SMARTS) is 1. The number of ether oxygens (including phenoxy) is 2. The number of benzene rings is 1. The largest absolute Gasteiger partial charge is 0.493 e. The molecule has 0 bridgehead atoms. The van der Waals surface area contributed by atoms with Crippen LogP contribution in [0.4, 0.5) is 0 Å². The summed E-state index contributed by atoms with van der Waals surface area (Å²) in [5, 5.41) is 9.25. The molecule has 0 aromatic heterocycles. The molecule has 2 rings (SSSR count). The first-order chi connectivity index (χ1) is 9.97. The molecule has 6 nitrogen and oxygen atoms in total. The lowest BCUT2D eigenvalue weighted by molar-refractivity contribution is -0.141. The first-order valence-electron chi connectivity index (χ1n) is 6.41. The van der Waals surface area contributed by atoms with Gasteiger partial charge in [0, 0.05) is 18.7 Å². The van der Waals surface area contributed by atoms with Gasteiger partial charge in [-0.05, 0) is 18.6 Å². The molecule has 21 heavy (non-hydrogen) atoms. The number of methoxy groups -OCH3 is 2. The van der Waals surface area contributed by atoms with Gasteiger partial charge in [-0.1, -0.05) is 11.6 Å². The van der Waals surface area contributed by atoms with Crippen LogP contribution in [0.25, 0.3) is 0 Å². The van der Waals surface area contributed by atoms with E-state index in [4.69, 9.17) is 26.2 Å². The summed E-state index contributed by atoms with van der Waals surface area (Å²) in [5.41, 5.74) is 0.351. The maximum absolute atomic E-state index is 12.4. The van der Waals surface area contributed by atoms with Crippen molar-refractivity contribution >= 4 is 23.5 Å². The van der Waals surface area contributed by atoms with E-state index >= 15 is 0 Å². The van der Waals surface area contributed by atoms with Crippen molar-refractivity contribution < 1.29 is 24.2 Å². The maximum atomic E-state index is 12.4. The topological polar surface area (TPSA) is 76.1 Å². The molecule has 1 saturated heterocycles. The Morgan fingerprint density at radius 1 is 1.33 bits per heavy atom. The van der Waals surface area contributed by atoms with Crippen LogP contribution < -0.4 is 9.47 Å². The number of carbonyl (C=O) groups excluding carboxylic acids is 1. The van der Waals surface area contributed by atoms with Crippen LogP contribution >= 0.6 is 11.6 Å². The summed E-state index contributed by atoms with van der Waals surface area (Å²) in [6.07, 6.45) is 0.460. The minimum Gasteiger partial charge on any atom is -0.493 e. The molecule has 1 aromatic rings. The molecule has 1 heterocycles. The molecule has 1 aliphatic heterocycles. The second kappa shape index (κ2) is 6.22. The molecular formula is C14H16ClNO5. The first-order valence-corrected chi connectivity index (χ1v) is 6.79. The van der Waals surface area contributed by atoms with Gasteiger partial charge in [0.15, 0.2) is 11.5 Å². The zero-order chi connectivity index (χ0) is 15.6. The predicted molar refractivity (Wildman–Crippen MR) is 76.2 cm³/mol. The molecule has 1 fully saturated rings. The highest BCUT2D eigenvalue weighted by molar-refractivity contribution is 6.32.